The van der Waals surface area contributed by atoms with Crippen LogP contribution in [0.3, 0.4) is 0 Å². The molecule has 0 aliphatic rings. The number of halogens is 2. The summed E-state index contributed by atoms with van der Waals surface area (Å²) in [6.07, 6.45) is 1.77. The van der Waals surface area contributed by atoms with Crippen molar-refractivity contribution in [2.24, 2.45) is 0 Å². The van der Waals surface area contributed by atoms with E-state index in [1.165, 1.54) is 0 Å². The van der Waals surface area contributed by atoms with Crippen LogP contribution in [0.15, 0.2) is 59.3 Å². The second-order valence-electron chi connectivity index (χ2n) is 4.68. The van der Waals surface area contributed by atoms with Gasteiger partial charge in [0, 0.05) is 15.1 Å². The average molecular weight is 363 g/mol. The molecule has 0 amide bonds. The molecule has 0 aliphatic heterocycles. The van der Waals surface area contributed by atoms with Crippen molar-refractivity contribution >= 4 is 33.2 Å². The van der Waals surface area contributed by atoms with Gasteiger partial charge >= 0.3 is 0 Å². The van der Waals surface area contributed by atoms with E-state index in [9.17, 15) is 0 Å². The number of hydrogen-bond acceptors (Lipinski definition) is 2. The van der Waals surface area contributed by atoms with Crippen LogP contribution in [0, 0.1) is 6.92 Å². The first-order valence-corrected chi connectivity index (χ1v) is 7.63. The number of imidazole rings is 1. The summed E-state index contributed by atoms with van der Waals surface area (Å²) in [5, 5.41) is 0.696. The smallest absolute Gasteiger partial charge is 0.115 e. The third-order valence-corrected chi connectivity index (χ3v) is 3.91. The van der Waals surface area contributed by atoms with Gasteiger partial charge in [-0.25, -0.2) is 9.66 Å². The van der Waals surface area contributed by atoms with Crippen molar-refractivity contribution in [2.75, 3.05) is 5.43 Å². The quantitative estimate of drug-likeness (QED) is 0.698. The molecule has 0 unspecified atom stereocenters. The van der Waals surface area contributed by atoms with E-state index in [0.717, 1.165) is 27.1 Å². The van der Waals surface area contributed by atoms with Gasteiger partial charge < -0.3 is 0 Å². The summed E-state index contributed by atoms with van der Waals surface area (Å²) in [6.45, 7) is 1.99. The first kappa shape index (κ1) is 14.2. The fraction of sp³-hybridized carbons (Fsp3) is 0.0625. The van der Waals surface area contributed by atoms with Crippen LogP contribution >= 0.6 is 27.5 Å². The molecule has 3 nitrogen and oxygen atoms in total. The molecule has 3 rings (SSSR count). The minimum Gasteiger partial charge on any atom is -0.293 e. The lowest BCUT2D eigenvalue weighted by atomic mass is 10.1. The van der Waals surface area contributed by atoms with Crippen molar-refractivity contribution < 1.29 is 0 Å². The maximum absolute atomic E-state index is 6.02. The Bertz CT molecular complexity index is 765. The predicted molar refractivity (Wildman–Crippen MR) is 90.6 cm³/mol. The molecule has 2 aromatic carbocycles. The van der Waals surface area contributed by atoms with Gasteiger partial charge in [-0.3, -0.25) is 5.43 Å². The molecule has 0 atom stereocenters. The SMILES string of the molecule is Cc1ncn(Nc2cccc(Cl)c2)c1-c1ccc(Br)cc1. The van der Waals surface area contributed by atoms with E-state index in [1.54, 1.807) is 6.33 Å². The van der Waals surface area contributed by atoms with Crippen molar-refractivity contribution in [1.29, 1.82) is 0 Å². The Morgan fingerprint density at radius 1 is 1.14 bits per heavy atom. The maximum Gasteiger partial charge on any atom is 0.115 e. The highest BCUT2D eigenvalue weighted by Crippen LogP contribution is 2.25. The molecule has 0 bridgehead atoms. The van der Waals surface area contributed by atoms with Gasteiger partial charge in [0.2, 0.25) is 0 Å². The fourth-order valence-electron chi connectivity index (χ4n) is 2.18. The standard InChI is InChI=1S/C16H13BrClN3/c1-11-16(12-5-7-13(17)8-6-12)21(10-19-11)20-15-4-2-3-14(18)9-15/h2-10,20H,1H3. The number of nitrogens with zero attached hydrogens (tertiary/aromatic N) is 2. The fourth-order valence-corrected chi connectivity index (χ4v) is 2.63. The molecular formula is C16H13BrClN3. The molecule has 1 N–H and O–H groups in total. The van der Waals surface area contributed by atoms with Gasteiger partial charge in [-0.2, -0.15) is 0 Å². The molecule has 21 heavy (non-hydrogen) atoms. The number of aromatic nitrogens is 2. The largest absolute Gasteiger partial charge is 0.293 e. The number of hydrogen-bond donors (Lipinski definition) is 1. The second kappa shape index (κ2) is 5.92. The molecule has 0 saturated heterocycles. The van der Waals surface area contributed by atoms with Crippen molar-refractivity contribution in [3.63, 3.8) is 0 Å². The Morgan fingerprint density at radius 2 is 1.90 bits per heavy atom. The summed E-state index contributed by atoms with van der Waals surface area (Å²) in [6, 6.07) is 15.8. The van der Waals surface area contributed by atoms with Crippen LogP contribution in [0.5, 0.6) is 0 Å². The normalized spacial score (nSPS) is 10.6. The topological polar surface area (TPSA) is 29.9 Å². The van der Waals surface area contributed by atoms with Crippen LogP contribution < -0.4 is 5.43 Å². The summed E-state index contributed by atoms with van der Waals surface area (Å²) >= 11 is 9.48. The van der Waals surface area contributed by atoms with Crippen molar-refractivity contribution in [3.05, 3.63) is 70.0 Å². The molecule has 3 aromatic rings. The van der Waals surface area contributed by atoms with Gasteiger partial charge in [-0.1, -0.05) is 45.7 Å². The summed E-state index contributed by atoms with van der Waals surface area (Å²) in [4.78, 5) is 4.39. The first-order chi connectivity index (χ1) is 10.1. The minimum absolute atomic E-state index is 0.696. The Kier molecular flexibility index (Phi) is 3.99. The summed E-state index contributed by atoms with van der Waals surface area (Å²) < 4.78 is 2.96. The lowest BCUT2D eigenvalue weighted by molar-refractivity contribution is 0.962. The van der Waals surface area contributed by atoms with Gasteiger partial charge in [0.1, 0.15) is 6.33 Å². The van der Waals surface area contributed by atoms with Crippen molar-refractivity contribution in [1.82, 2.24) is 9.66 Å². The lowest BCUT2D eigenvalue weighted by Gasteiger charge is -2.12. The molecule has 0 saturated carbocycles. The number of rotatable bonds is 3. The van der Waals surface area contributed by atoms with Gasteiger partial charge in [0.05, 0.1) is 17.1 Å². The van der Waals surface area contributed by atoms with Gasteiger partial charge in [-0.05, 0) is 37.3 Å². The summed E-state index contributed by atoms with van der Waals surface area (Å²) in [5.74, 6) is 0. The van der Waals surface area contributed by atoms with Gasteiger partial charge in [0.25, 0.3) is 0 Å². The van der Waals surface area contributed by atoms with Crippen molar-refractivity contribution in [2.45, 2.75) is 6.92 Å². The average Bonchev–Trinajstić information content (AvgIpc) is 2.81. The van der Waals surface area contributed by atoms with E-state index in [2.05, 4.69) is 38.5 Å². The van der Waals surface area contributed by atoms with E-state index in [0.29, 0.717) is 5.02 Å². The van der Waals surface area contributed by atoms with Crippen molar-refractivity contribution in [3.8, 4) is 11.3 Å². The Morgan fingerprint density at radius 3 is 2.62 bits per heavy atom. The summed E-state index contributed by atoms with van der Waals surface area (Å²) in [7, 11) is 0. The molecule has 1 aromatic heterocycles. The molecule has 1 heterocycles. The number of aryl methyl sites for hydroxylation is 1. The number of anilines is 1. The first-order valence-electron chi connectivity index (χ1n) is 6.46. The number of benzene rings is 2. The molecule has 0 radical (unpaired) electrons. The molecular weight excluding hydrogens is 350 g/mol. The molecule has 0 fully saturated rings. The Hall–Kier alpha value is -1.78. The van der Waals surface area contributed by atoms with Crippen LogP contribution in [0.2, 0.25) is 5.02 Å². The van der Waals surface area contributed by atoms with Crippen LogP contribution in [0.25, 0.3) is 11.3 Å². The van der Waals surface area contributed by atoms with Crippen LogP contribution in [0.4, 0.5) is 5.69 Å². The van der Waals surface area contributed by atoms with Gasteiger partial charge in [-0.15, -0.1) is 0 Å². The van der Waals surface area contributed by atoms with E-state index < -0.39 is 0 Å². The minimum atomic E-state index is 0.696. The third-order valence-electron chi connectivity index (χ3n) is 3.14. The van der Waals surface area contributed by atoms with E-state index in [4.69, 9.17) is 11.6 Å². The monoisotopic (exact) mass is 361 g/mol. The zero-order valence-corrected chi connectivity index (χ0v) is 13.7. The highest BCUT2D eigenvalue weighted by atomic mass is 79.9. The highest BCUT2D eigenvalue weighted by molar-refractivity contribution is 9.10. The third kappa shape index (κ3) is 3.12. The van der Waals surface area contributed by atoms with Crippen LogP contribution in [-0.4, -0.2) is 9.66 Å². The van der Waals surface area contributed by atoms with Crippen LogP contribution in [-0.2, 0) is 0 Å². The summed E-state index contributed by atoms with van der Waals surface area (Å²) in [5.41, 5.74) is 7.31. The Labute approximate surface area is 136 Å². The second-order valence-corrected chi connectivity index (χ2v) is 6.03. The van der Waals surface area contributed by atoms with Gasteiger partial charge in [0.15, 0.2) is 0 Å². The maximum atomic E-state index is 6.02. The predicted octanol–water partition coefficient (Wildman–Crippen LogP) is 5.15. The van der Waals surface area contributed by atoms with E-state index in [1.807, 2.05) is 48.0 Å². The molecule has 106 valence electrons. The number of nitrogens with one attached hydrogen (secondary N) is 1. The highest BCUT2D eigenvalue weighted by Gasteiger charge is 2.10. The zero-order valence-electron chi connectivity index (χ0n) is 11.3. The van der Waals surface area contributed by atoms with E-state index in [-0.39, 0.29) is 0 Å². The lowest BCUT2D eigenvalue weighted by Crippen LogP contribution is -2.09. The Balaban J connectivity index is 1.99. The molecule has 0 spiro atoms. The van der Waals surface area contributed by atoms with E-state index >= 15 is 0 Å². The zero-order chi connectivity index (χ0) is 14.8. The van der Waals surface area contributed by atoms with Crippen LogP contribution in [0.1, 0.15) is 5.69 Å². The molecule has 5 heteroatoms. The molecule has 0 aliphatic carbocycles.